The van der Waals surface area contributed by atoms with E-state index in [0.29, 0.717) is 5.56 Å². The molecule has 5 heteroatoms. The Morgan fingerprint density at radius 2 is 1.62 bits per heavy atom. The minimum Gasteiger partial charge on any atom is -0.268 e. The zero-order valence-corrected chi connectivity index (χ0v) is 10.2. The number of amides is 1. The molecule has 4 nitrogen and oxygen atoms in total. The van der Waals surface area contributed by atoms with Gasteiger partial charge in [0.1, 0.15) is 0 Å². The van der Waals surface area contributed by atoms with Gasteiger partial charge in [-0.3, -0.25) is 9.52 Å². The minimum atomic E-state index is -2.89. The maximum absolute atomic E-state index is 11.5. The molecule has 0 aliphatic carbocycles. The first-order chi connectivity index (χ1) is 7.56. The molecule has 0 heterocycles. The number of nitrogens with one attached hydrogen (secondary N) is 1. The predicted molar refractivity (Wildman–Crippen MR) is 63.0 cm³/mol. The van der Waals surface area contributed by atoms with Gasteiger partial charge in [0.2, 0.25) is 10.9 Å². The molecule has 0 aromatic heterocycles. The van der Waals surface area contributed by atoms with Crippen molar-refractivity contribution >= 4 is 16.8 Å². The highest BCUT2D eigenvalue weighted by atomic mass is 32.2. The molecule has 1 rings (SSSR count). The number of aryl methyl sites for hydroxylation is 2. The summed E-state index contributed by atoms with van der Waals surface area (Å²) in [5.74, 6) is -0.568. The molecular weight excluding hydrogens is 226 g/mol. The molecule has 0 spiro atoms. The van der Waals surface area contributed by atoms with Gasteiger partial charge < -0.3 is 0 Å². The van der Waals surface area contributed by atoms with Crippen molar-refractivity contribution in [2.45, 2.75) is 26.7 Å². The smallest absolute Gasteiger partial charge is 0.264 e. The highest BCUT2D eigenvalue weighted by molar-refractivity contribution is 7.71. The molecule has 1 aromatic carbocycles. The molecular formula is C11H15NO3S. The summed E-state index contributed by atoms with van der Waals surface area (Å²) in [5, 5.41) is 0. The largest absolute Gasteiger partial charge is 0.268 e. The Balaban J connectivity index is 3.07. The summed E-state index contributed by atoms with van der Waals surface area (Å²) in [5.41, 5.74) is 2.46. The lowest BCUT2D eigenvalue weighted by atomic mass is 10.0. The Kier molecular flexibility index (Phi) is 4.49. The van der Waals surface area contributed by atoms with E-state index in [4.69, 9.17) is 0 Å². The van der Waals surface area contributed by atoms with Gasteiger partial charge >= 0.3 is 0 Å². The minimum absolute atomic E-state index is 0.399. The van der Waals surface area contributed by atoms with E-state index in [0.717, 1.165) is 24.0 Å². The molecule has 0 atom stereocenters. The van der Waals surface area contributed by atoms with Crippen LogP contribution in [-0.2, 0) is 23.7 Å². The van der Waals surface area contributed by atoms with Gasteiger partial charge in [-0.1, -0.05) is 19.9 Å². The highest BCUT2D eigenvalue weighted by Gasteiger charge is 2.08. The van der Waals surface area contributed by atoms with E-state index in [-0.39, 0.29) is 0 Å². The summed E-state index contributed by atoms with van der Waals surface area (Å²) in [6, 6.07) is 5.45. The third kappa shape index (κ3) is 3.34. The van der Waals surface area contributed by atoms with Crippen LogP contribution in [0.1, 0.15) is 35.3 Å². The topological polar surface area (TPSA) is 63.2 Å². The molecule has 1 N–H and O–H groups in total. The van der Waals surface area contributed by atoms with E-state index >= 15 is 0 Å². The van der Waals surface area contributed by atoms with Gasteiger partial charge in [0.05, 0.1) is 0 Å². The zero-order chi connectivity index (χ0) is 12.1. The van der Waals surface area contributed by atoms with Crippen LogP contribution < -0.4 is 4.72 Å². The Morgan fingerprint density at radius 1 is 1.12 bits per heavy atom. The maximum Gasteiger partial charge on any atom is 0.264 e. The van der Waals surface area contributed by atoms with Crippen molar-refractivity contribution in [1.82, 2.24) is 4.72 Å². The molecule has 0 radical (unpaired) electrons. The number of rotatable bonds is 4. The summed E-state index contributed by atoms with van der Waals surface area (Å²) >= 11 is 0. The molecule has 0 aliphatic heterocycles. The van der Waals surface area contributed by atoms with Crippen LogP contribution >= 0.6 is 0 Å². The van der Waals surface area contributed by atoms with Crippen LogP contribution in [0.4, 0.5) is 0 Å². The van der Waals surface area contributed by atoms with Crippen molar-refractivity contribution in [2.24, 2.45) is 0 Å². The van der Waals surface area contributed by atoms with E-state index in [2.05, 4.69) is 0 Å². The Bertz CT molecular complexity index is 436. The number of thiol groups is 1. The highest BCUT2D eigenvalue weighted by Crippen LogP contribution is 2.11. The Hall–Kier alpha value is -1.36. The third-order valence-electron chi connectivity index (χ3n) is 2.32. The first-order valence-corrected chi connectivity index (χ1v) is 6.32. The Labute approximate surface area is 96.8 Å². The summed E-state index contributed by atoms with van der Waals surface area (Å²) < 4.78 is 22.7. The van der Waals surface area contributed by atoms with Crippen LogP contribution in [-0.4, -0.2) is 14.3 Å². The summed E-state index contributed by atoms with van der Waals surface area (Å²) in [6.07, 6.45) is 1.63. The van der Waals surface area contributed by atoms with Gasteiger partial charge in [0, 0.05) is 5.56 Å². The normalized spacial score (nSPS) is 10.4. The van der Waals surface area contributed by atoms with Crippen LogP contribution in [0, 0.1) is 0 Å². The molecule has 0 unspecified atom stereocenters. The quantitative estimate of drug-likeness (QED) is 0.775. The average molecular weight is 241 g/mol. The molecule has 0 saturated carbocycles. The van der Waals surface area contributed by atoms with Crippen molar-refractivity contribution in [1.29, 1.82) is 0 Å². The number of carbonyl (C=O) groups is 1. The standard InChI is InChI=1S/C11H15NO3S/c1-3-8-5-9(4-2)7-10(6-8)11(13)12-16(14)15/h5-7,16H,3-4H2,1-2H3,(H,12,13,14,15). The second-order valence-corrected chi connectivity index (χ2v) is 4.18. The Morgan fingerprint density at radius 3 is 2.00 bits per heavy atom. The van der Waals surface area contributed by atoms with E-state index in [1.807, 2.05) is 24.6 Å². The predicted octanol–water partition coefficient (Wildman–Crippen LogP) is 1.07. The van der Waals surface area contributed by atoms with E-state index in [9.17, 15) is 13.2 Å². The van der Waals surface area contributed by atoms with Crippen LogP contribution in [0.5, 0.6) is 0 Å². The molecule has 0 saturated heterocycles. The molecule has 0 bridgehead atoms. The zero-order valence-electron chi connectivity index (χ0n) is 9.32. The lowest BCUT2D eigenvalue weighted by molar-refractivity contribution is 0.0982. The van der Waals surface area contributed by atoms with E-state index in [1.54, 1.807) is 12.1 Å². The van der Waals surface area contributed by atoms with Gasteiger partial charge in [-0.05, 0) is 36.1 Å². The lowest BCUT2D eigenvalue weighted by Gasteiger charge is -2.06. The van der Waals surface area contributed by atoms with Crippen LogP contribution in [0.3, 0.4) is 0 Å². The van der Waals surface area contributed by atoms with Gasteiger partial charge in [0.25, 0.3) is 5.91 Å². The first kappa shape index (κ1) is 12.7. The molecule has 0 fully saturated rings. The second kappa shape index (κ2) is 5.65. The third-order valence-corrected chi connectivity index (χ3v) is 2.71. The maximum atomic E-state index is 11.5. The van der Waals surface area contributed by atoms with Crippen molar-refractivity contribution in [3.63, 3.8) is 0 Å². The lowest BCUT2D eigenvalue weighted by Crippen LogP contribution is -2.21. The molecule has 88 valence electrons. The molecule has 16 heavy (non-hydrogen) atoms. The number of hydrogen-bond acceptors (Lipinski definition) is 3. The second-order valence-electron chi connectivity index (χ2n) is 3.44. The molecule has 0 aliphatic rings. The SMILES string of the molecule is CCc1cc(CC)cc(C(=O)N[SH](=O)=O)c1. The van der Waals surface area contributed by atoms with Gasteiger partial charge in [-0.15, -0.1) is 0 Å². The fourth-order valence-electron chi connectivity index (χ4n) is 1.45. The van der Waals surface area contributed by atoms with Gasteiger partial charge in [-0.25, -0.2) is 8.42 Å². The van der Waals surface area contributed by atoms with Crippen molar-refractivity contribution in [2.75, 3.05) is 0 Å². The summed E-state index contributed by atoms with van der Waals surface area (Å²) in [7, 11) is -2.89. The number of hydrogen-bond donors (Lipinski definition) is 2. The van der Waals surface area contributed by atoms with Crippen molar-refractivity contribution in [3.8, 4) is 0 Å². The van der Waals surface area contributed by atoms with Gasteiger partial charge in [-0.2, -0.15) is 0 Å². The number of benzene rings is 1. The molecule has 1 aromatic rings. The fraction of sp³-hybridized carbons (Fsp3) is 0.364. The van der Waals surface area contributed by atoms with E-state index in [1.165, 1.54) is 0 Å². The number of carbonyl (C=O) groups excluding carboxylic acids is 1. The molecule has 1 amide bonds. The summed E-state index contributed by atoms with van der Waals surface area (Å²) in [6.45, 7) is 3.98. The van der Waals surface area contributed by atoms with E-state index < -0.39 is 16.8 Å². The van der Waals surface area contributed by atoms with Crippen LogP contribution in [0.25, 0.3) is 0 Å². The average Bonchev–Trinajstić information content (AvgIpc) is 2.27. The van der Waals surface area contributed by atoms with Crippen LogP contribution in [0.15, 0.2) is 18.2 Å². The summed E-state index contributed by atoms with van der Waals surface area (Å²) in [4.78, 5) is 11.5. The van der Waals surface area contributed by atoms with Crippen LogP contribution in [0.2, 0.25) is 0 Å². The van der Waals surface area contributed by atoms with Crippen molar-refractivity contribution in [3.05, 3.63) is 34.9 Å². The van der Waals surface area contributed by atoms with Gasteiger partial charge in [0.15, 0.2) is 0 Å². The monoisotopic (exact) mass is 241 g/mol. The first-order valence-electron chi connectivity index (χ1n) is 5.15. The fourth-order valence-corrected chi connectivity index (χ4v) is 1.74. The van der Waals surface area contributed by atoms with Crippen molar-refractivity contribution < 1.29 is 13.2 Å².